The highest BCUT2D eigenvalue weighted by molar-refractivity contribution is 7.95. The van der Waals surface area contributed by atoms with Crippen molar-refractivity contribution in [2.75, 3.05) is 16.5 Å². The Morgan fingerprint density at radius 1 is 0.562 bits per heavy atom. The summed E-state index contributed by atoms with van der Waals surface area (Å²) in [6, 6.07) is 41.5. The van der Waals surface area contributed by atoms with Gasteiger partial charge in [-0.25, -0.2) is 0 Å². The van der Waals surface area contributed by atoms with Gasteiger partial charge in [-0.05, 0) is 55.5 Å². The highest BCUT2D eigenvalue weighted by atomic mass is 31.2. The van der Waals surface area contributed by atoms with Gasteiger partial charge in [0.15, 0.2) is 0 Å². The minimum atomic E-state index is -1.83. The average molecular weight is 436 g/mol. The van der Waals surface area contributed by atoms with Crippen LogP contribution >= 0.6 is 7.26 Å². The van der Waals surface area contributed by atoms with Gasteiger partial charge in [0, 0.05) is 18.1 Å². The first-order chi connectivity index (χ1) is 15.7. The van der Waals surface area contributed by atoms with Crippen molar-refractivity contribution in [1.82, 2.24) is 0 Å². The predicted octanol–water partition coefficient (Wildman–Crippen LogP) is 5.75. The Bertz CT molecular complexity index is 1170. The summed E-state index contributed by atoms with van der Waals surface area (Å²) in [4.78, 5) is 4.74. The van der Waals surface area contributed by atoms with Crippen molar-refractivity contribution < 1.29 is 0 Å². The van der Waals surface area contributed by atoms with Gasteiger partial charge in [-0.3, -0.25) is 0 Å². The molecule has 0 saturated carbocycles. The Hall–Kier alpha value is -3.35. The second kappa shape index (κ2) is 8.65. The maximum Gasteiger partial charge on any atom is 0.128 e. The third kappa shape index (κ3) is 3.51. The Morgan fingerprint density at radius 3 is 1.62 bits per heavy atom. The van der Waals surface area contributed by atoms with E-state index in [9.17, 15) is 0 Å². The van der Waals surface area contributed by atoms with E-state index < -0.39 is 7.26 Å². The van der Waals surface area contributed by atoms with Gasteiger partial charge < -0.3 is 9.80 Å². The molecule has 5 rings (SSSR count). The monoisotopic (exact) mass is 435 g/mol. The van der Waals surface area contributed by atoms with Crippen LogP contribution in [0.3, 0.4) is 0 Å². The molecule has 32 heavy (non-hydrogen) atoms. The number of para-hydroxylation sites is 2. The fraction of sp³-hybridized carbons (Fsp3) is 0.103. The molecule has 1 aliphatic rings. The second-order valence-electron chi connectivity index (χ2n) is 8.25. The zero-order valence-corrected chi connectivity index (χ0v) is 19.4. The standard InChI is InChI=1S/C29H28N2P/c1-24-30(25-14-6-3-7-15-25)22-23-31(24)28-20-12-13-21-29(28)32(2,26-16-8-4-9-17-26)27-18-10-5-11-19-27/h3-24H,1-2H3/q+1. The van der Waals surface area contributed by atoms with Crippen molar-refractivity contribution >= 4 is 34.6 Å². The Labute approximate surface area is 191 Å². The molecule has 0 bridgehead atoms. The van der Waals surface area contributed by atoms with Gasteiger partial charge in [-0.2, -0.15) is 0 Å². The Balaban J connectivity index is 1.63. The molecule has 0 fully saturated rings. The maximum absolute atomic E-state index is 2.45. The van der Waals surface area contributed by atoms with Crippen molar-refractivity contribution in [2.45, 2.75) is 13.1 Å². The molecular formula is C29H28N2P+. The number of anilines is 2. The van der Waals surface area contributed by atoms with Gasteiger partial charge in [0.25, 0.3) is 0 Å². The molecule has 0 N–H and O–H groups in total. The van der Waals surface area contributed by atoms with Crippen LogP contribution in [0.2, 0.25) is 0 Å². The van der Waals surface area contributed by atoms with Gasteiger partial charge in [0.2, 0.25) is 0 Å². The van der Waals surface area contributed by atoms with E-state index in [1.807, 2.05) is 0 Å². The first-order valence-corrected chi connectivity index (χ1v) is 13.3. The zero-order chi connectivity index (χ0) is 22.0. The van der Waals surface area contributed by atoms with Crippen molar-refractivity contribution in [3.05, 3.63) is 128 Å². The van der Waals surface area contributed by atoms with Crippen LogP contribution in [0.1, 0.15) is 6.92 Å². The normalized spacial score (nSPS) is 15.9. The second-order valence-corrected chi connectivity index (χ2v) is 11.8. The summed E-state index contributed by atoms with van der Waals surface area (Å²) >= 11 is 0. The summed E-state index contributed by atoms with van der Waals surface area (Å²) in [5.41, 5.74) is 2.48. The molecule has 2 nitrogen and oxygen atoms in total. The molecule has 158 valence electrons. The number of rotatable bonds is 5. The van der Waals surface area contributed by atoms with Gasteiger partial charge in [-0.1, -0.05) is 66.7 Å². The zero-order valence-electron chi connectivity index (χ0n) is 18.5. The van der Waals surface area contributed by atoms with E-state index in [-0.39, 0.29) is 6.17 Å². The van der Waals surface area contributed by atoms with Crippen LogP contribution in [-0.4, -0.2) is 12.8 Å². The summed E-state index contributed by atoms with van der Waals surface area (Å²) < 4.78 is 0. The summed E-state index contributed by atoms with van der Waals surface area (Å²) in [5.74, 6) is 0. The lowest BCUT2D eigenvalue weighted by Gasteiger charge is -2.33. The van der Waals surface area contributed by atoms with Crippen molar-refractivity contribution in [1.29, 1.82) is 0 Å². The molecule has 1 aliphatic heterocycles. The molecular weight excluding hydrogens is 407 g/mol. The fourth-order valence-corrected chi connectivity index (χ4v) is 8.07. The van der Waals surface area contributed by atoms with E-state index >= 15 is 0 Å². The fourth-order valence-electron chi connectivity index (χ4n) is 4.65. The van der Waals surface area contributed by atoms with Gasteiger partial charge in [0.05, 0.1) is 12.4 Å². The minimum absolute atomic E-state index is 0.193. The summed E-state index contributed by atoms with van der Waals surface area (Å²) in [7, 11) is -1.83. The summed E-state index contributed by atoms with van der Waals surface area (Å²) in [6.45, 7) is 4.72. The first-order valence-electron chi connectivity index (χ1n) is 11.1. The van der Waals surface area contributed by atoms with Crippen molar-refractivity contribution in [3.8, 4) is 0 Å². The number of benzene rings is 4. The Kier molecular flexibility index (Phi) is 5.55. The quantitative estimate of drug-likeness (QED) is 0.368. The van der Waals surface area contributed by atoms with Crippen molar-refractivity contribution in [2.24, 2.45) is 0 Å². The van der Waals surface area contributed by atoms with Crippen LogP contribution in [-0.2, 0) is 0 Å². The number of nitrogens with zero attached hydrogens (tertiary/aromatic N) is 2. The Morgan fingerprint density at radius 2 is 1.03 bits per heavy atom. The lowest BCUT2D eigenvalue weighted by Crippen LogP contribution is -2.40. The van der Waals surface area contributed by atoms with E-state index in [2.05, 4.69) is 151 Å². The van der Waals surface area contributed by atoms with Crippen LogP contribution in [0, 0.1) is 0 Å². The SMILES string of the molecule is CC1N(c2ccccc2)C=CN1c1ccccc1[P+](C)(c1ccccc1)c1ccccc1. The third-order valence-electron chi connectivity index (χ3n) is 6.43. The molecule has 0 aliphatic carbocycles. The highest BCUT2D eigenvalue weighted by Gasteiger charge is 2.43. The molecule has 0 amide bonds. The minimum Gasteiger partial charge on any atom is -0.326 e. The van der Waals surface area contributed by atoms with Gasteiger partial charge in [-0.15, -0.1) is 0 Å². The molecule has 1 heterocycles. The molecule has 0 radical (unpaired) electrons. The lowest BCUT2D eigenvalue weighted by atomic mass is 10.2. The van der Waals surface area contributed by atoms with Crippen LogP contribution in [0.15, 0.2) is 128 Å². The summed E-state index contributed by atoms with van der Waals surface area (Å²) in [5, 5.41) is 4.20. The molecule has 3 heteroatoms. The van der Waals surface area contributed by atoms with E-state index in [0.29, 0.717) is 0 Å². The largest absolute Gasteiger partial charge is 0.326 e. The van der Waals surface area contributed by atoms with E-state index in [0.717, 1.165) is 0 Å². The smallest absolute Gasteiger partial charge is 0.128 e. The average Bonchev–Trinajstić information content (AvgIpc) is 3.26. The van der Waals surface area contributed by atoms with E-state index in [1.165, 1.54) is 27.3 Å². The van der Waals surface area contributed by atoms with E-state index in [4.69, 9.17) is 0 Å². The number of hydrogen-bond acceptors (Lipinski definition) is 2. The molecule has 0 saturated heterocycles. The predicted molar refractivity (Wildman–Crippen MR) is 141 cm³/mol. The molecule has 0 aromatic heterocycles. The van der Waals surface area contributed by atoms with Crippen LogP contribution in [0.4, 0.5) is 11.4 Å². The molecule has 4 aromatic carbocycles. The third-order valence-corrected chi connectivity index (χ3v) is 10.4. The molecule has 1 unspecified atom stereocenters. The van der Waals surface area contributed by atoms with E-state index in [1.54, 1.807) is 0 Å². The maximum atomic E-state index is 2.45. The molecule has 1 atom stereocenters. The highest BCUT2D eigenvalue weighted by Crippen LogP contribution is 2.53. The van der Waals surface area contributed by atoms with Crippen molar-refractivity contribution in [3.63, 3.8) is 0 Å². The van der Waals surface area contributed by atoms with Crippen LogP contribution in [0.25, 0.3) is 0 Å². The first kappa shape index (κ1) is 20.5. The van der Waals surface area contributed by atoms with Crippen LogP contribution < -0.4 is 25.7 Å². The van der Waals surface area contributed by atoms with Gasteiger partial charge in [0.1, 0.15) is 29.3 Å². The lowest BCUT2D eigenvalue weighted by molar-refractivity contribution is 0.751. The molecule has 4 aromatic rings. The summed E-state index contributed by atoms with van der Waals surface area (Å²) in [6.07, 6.45) is 4.60. The number of hydrogen-bond donors (Lipinski definition) is 0. The van der Waals surface area contributed by atoms with Gasteiger partial charge >= 0.3 is 0 Å². The molecule has 0 spiro atoms. The van der Waals surface area contributed by atoms with Crippen LogP contribution in [0.5, 0.6) is 0 Å². The topological polar surface area (TPSA) is 6.48 Å².